The first kappa shape index (κ1) is 12.6. The Labute approximate surface area is 99.8 Å². The Morgan fingerprint density at radius 3 is 2.28 bits per heavy atom. The Morgan fingerprint density at radius 1 is 1.11 bits per heavy atom. The third kappa shape index (κ3) is 2.08. The molecule has 2 aromatic rings. The maximum Gasteiger partial charge on any atom is 0.503 e. The van der Waals surface area contributed by atoms with E-state index in [1.807, 2.05) is 0 Å². The minimum absolute atomic E-state index is 0.411. The first-order valence-corrected chi connectivity index (χ1v) is 6.10. The zero-order chi connectivity index (χ0) is 13.4. The molecule has 0 saturated carbocycles. The molecule has 0 fully saturated rings. The van der Waals surface area contributed by atoms with Crippen molar-refractivity contribution in [2.45, 2.75) is 10.5 Å². The van der Waals surface area contributed by atoms with E-state index in [0.717, 1.165) is 10.9 Å². The summed E-state index contributed by atoms with van der Waals surface area (Å²) in [5, 5.41) is 5.26. The second kappa shape index (κ2) is 4.09. The molecule has 0 aliphatic carbocycles. The lowest BCUT2D eigenvalue weighted by atomic mass is 10.3. The summed E-state index contributed by atoms with van der Waals surface area (Å²) in [5.74, 6) is 0. The summed E-state index contributed by atoms with van der Waals surface area (Å²) in [5.41, 5.74) is -4.97. The van der Waals surface area contributed by atoms with Crippen LogP contribution in [0.15, 0.2) is 41.6 Å². The number of rotatable bonds is 2. The normalized spacial score (nSPS) is 12.6. The van der Waals surface area contributed by atoms with Crippen molar-refractivity contribution < 1.29 is 21.6 Å². The van der Waals surface area contributed by atoms with Crippen molar-refractivity contribution in [2.75, 3.05) is 0 Å². The Kier molecular flexibility index (Phi) is 2.85. The third-order valence-corrected chi connectivity index (χ3v) is 3.42. The Hall–Kier alpha value is -1.90. The first-order chi connectivity index (χ1) is 8.32. The summed E-state index contributed by atoms with van der Waals surface area (Å²) >= 11 is 0. The summed E-state index contributed by atoms with van der Waals surface area (Å²) in [7, 11) is -5.46. The average molecular weight is 277 g/mol. The van der Waals surface area contributed by atoms with Gasteiger partial charge in [-0.15, -0.1) is 5.10 Å². The number of halogens is 3. The van der Waals surface area contributed by atoms with Crippen LogP contribution >= 0.6 is 0 Å². The molecule has 0 spiro atoms. The first-order valence-electron chi connectivity index (χ1n) is 4.61. The summed E-state index contributed by atoms with van der Waals surface area (Å²) in [6, 6.07) is 8.08. The summed E-state index contributed by atoms with van der Waals surface area (Å²) in [6.07, 6.45) is 0.720. The van der Waals surface area contributed by atoms with Crippen molar-refractivity contribution in [1.82, 2.24) is 15.0 Å². The second-order valence-corrected chi connectivity index (χ2v) is 5.17. The van der Waals surface area contributed by atoms with Crippen molar-refractivity contribution in [3.63, 3.8) is 0 Å². The highest BCUT2D eigenvalue weighted by molar-refractivity contribution is 7.92. The molecule has 2 rings (SSSR count). The zero-order valence-corrected chi connectivity index (χ0v) is 9.48. The lowest BCUT2D eigenvalue weighted by molar-refractivity contribution is -0.0438. The fourth-order valence-electron chi connectivity index (χ4n) is 1.20. The van der Waals surface area contributed by atoms with Crippen molar-refractivity contribution in [3.8, 4) is 5.69 Å². The number of alkyl halides is 3. The van der Waals surface area contributed by atoms with Crippen LogP contribution in [-0.2, 0) is 9.84 Å². The van der Waals surface area contributed by atoms with E-state index in [0.29, 0.717) is 5.69 Å². The van der Waals surface area contributed by atoms with E-state index < -0.39 is 20.4 Å². The van der Waals surface area contributed by atoms with E-state index in [4.69, 9.17) is 0 Å². The highest BCUT2D eigenvalue weighted by Gasteiger charge is 2.48. The van der Waals surface area contributed by atoms with E-state index >= 15 is 0 Å². The number of sulfone groups is 1. The number of benzene rings is 1. The smallest absolute Gasteiger partial charge is 0.219 e. The van der Waals surface area contributed by atoms with Crippen molar-refractivity contribution >= 4 is 9.84 Å². The van der Waals surface area contributed by atoms with Crippen molar-refractivity contribution in [3.05, 3.63) is 36.5 Å². The number of hydrogen-bond acceptors (Lipinski definition) is 4. The van der Waals surface area contributed by atoms with Gasteiger partial charge in [-0.3, -0.25) is 0 Å². The minimum Gasteiger partial charge on any atom is -0.219 e. The van der Waals surface area contributed by atoms with Gasteiger partial charge in [0.15, 0.2) is 0 Å². The molecular formula is C9H6F3N3O2S. The van der Waals surface area contributed by atoms with E-state index in [2.05, 4.69) is 10.3 Å². The molecule has 9 heteroatoms. The predicted molar refractivity (Wildman–Crippen MR) is 54.6 cm³/mol. The topological polar surface area (TPSA) is 64.8 Å². The van der Waals surface area contributed by atoms with Gasteiger partial charge in [0.1, 0.15) is 0 Å². The molecule has 1 aromatic heterocycles. The molecule has 1 heterocycles. The van der Waals surface area contributed by atoms with Crippen LogP contribution < -0.4 is 0 Å². The minimum atomic E-state index is -5.46. The number of hydrogen-bond donors (Lipinski definition) is 0. The van der Waals surface area contributed by atoms with Crippen LogP contribution in [0.2, 0.25) is 0 Å². The largest absolute Gasteiger partial charge is 0.503 e. The van der Waals surface area contributed by atoms with Crippen LogP contribution in [0.25, 0.3) is 5.69 Å². The molecule has 0 amide bonds. The fraction of sp³-hybridized carbons (Fsp3) is 0.111. The van der Waals surface area contributed by atoms with Gasteiger partial charge in [0.25, 0.3) is 9.84 Å². The molecule has 0 radical (unpaired) electrons. The molecule has 96 valence electrons. The standard InChI is InChI=1S/C9H6F3N3O2S/c10-9(11,12)18(16,17)8-6-15(14-13-8)7-4-2-1-3-5-7/h1-6H. The zero-order valence-electron chi connectivity index (χ0n) is 8.66. The molecule has 5 nitrogen and oxygen atoms in total. The quantitative estimate of drug-likeness (QED) is 0.835. The van der Waals surface area contributed by atoms with Crippen LogP contribution in [0.5, 0.6) is 0 Å². The van der Waals surface area contributed by atoms with Crippen LogP contribution in [0.1, 0.15) is 0 Å². The highest BCUT2D eigenvalue weighted by atomic mass is 32.2. The van der Waals surface area contributed by atoms with Gasteiger partial charge in [-0.2, -0.15) is 13.2 Å². The number of aromatic nitrogens is 3. The summed E-state index contributed by atoms with van der Waals surface area (Å²) in [4.78, 5) is 0. The van der Waals surface area contributed by atoms with Crippen LogP contribution in [0.4, 0.5) is 13.2 Å². The maximum absolute atomic E-state index is 12.3. The summed E-state index contributed by atoms with van der Waals surface area (Å²) < 4.78 is 59.9. The lowest BCUT2D eigenvalue weighted by Gasteiger charge is -2.03. The predicted octanol–water partition coefficient (Wildman–Crippen LogP) is 1.56. The second-order valence-electron chi connectivity index (χ2n) is 3.29. The third-order valence-electron chi connectivity index (χ3n) is 2.07. The van der Waals surface area contributed by atoms with E-state index in [1.165, 1.54) is 0 Å². The fourth-order valence-corrected chi connectivity index (χ4v) is 1.82. The maximum atomic E-state index is 12.3. The number of nitrogens with zero attached hydrogens (tertiary/aromatic N) is 3. The van der Waals surface area contributed by atoms with Gasteiger partial charge in [0.05, 0.1) is 11.9 Å². The molecule has 0 bridgehead atoms. The highest BCUT2D eigenvalue weighted by Crippen LogP contribution is 2.28. The number of para-hydroxylation sites is 1. The monoisotopic (exact) mass is 277 g/mol. The average Bonchev–Trinajstić information content (AvgIpc) is 2.78. The SMILES string of the molecule is O=S(=O)(c1cn(-c2ccccc2)nn1)C(F)(F)F. The van der Waals surface area contributed by atoms with Gasteiger partial charge in [-0.05, 0) is 12.1 Å². The molecule has 0 saturated heterocycles. The summed E-state index contributed by atoms with van der Waals surface area (Å²) in [6.45, 7) is 0. The van der Waals surface area contributed by atoms with Gasteiger partial charge in [0, 0.05) is 0 Å². The molecule has 18 heavy (non-hydrogen) atoms. The Bertz CT molecular complexity index is 649. The van der Waals surface area contributed by atoms with Crippen molar-refractivity contribution in [2.24, 2.45) is 0 Å². The van der Waals surface area contributed by atoms with Gasteiger partial charge in [0.2, 0.25) is 5.03 Å². The van der Waals surface area contributed by atoms with E-state index in [1.54, 1.807) is 30.3 Å². The lowest BCUT2D eigenvalue weighted by Crippen LogP contribution is -2.23. The van der Waals surface area contributed by atoms with Crippen molar-refractivity contribution in [1.29, 1.82) is 0 Å². The van der Waals surface area contributed by atoms with E-state index in [-0.39, 0.29) is 0 Å². The molecule has 0 aliphatic heterocycles. The van der Waals surface area contributed by atoms with Gasteiger partial charge < -0.3 is 0 Å². The Balaban J connectivity index is 2.45. The molecule has 0 atom stereocenters. The Morgan fingerprint density at radius 2 is 1.72 bits per heavy atom. The van der Waals surface area contributed by atoms with Crippen LogP contribution in [0, 0.1) is 0 Å². The molecule has 1 aromatic carbocycles. The van der Waals surface area contributed by atoms with E-state index in [9.17, 15) is 21.6 Å². The van der Waals surface area contributed by atoms with Crippen LogP contribution in [-0.4, -0.2) is 28.9 Å². The van der Waals surface area contributed by atoms with Gasteiger partial charge in [-0.1, -0.05) is 23.4 Å². The molecule has 0 unspecified atom stereocenters. The molecule has 0 N–H and O–H groups in total. The van der Waals surface area contributed by atoms with Gasteiger partial charge in [-0.25, -0.2) is 13.1 Å². The van der Waals surface area contributed by atoms with Crippen LogP contribution in [0.3, 0.4) is 0 Å². The molecular weight excluding hydrogens is 271 g/mol. The molecule has 0 aliphatic rings. The van der Waals surface area contributed by atoms with Gasteiger partial charge >= 0.3 is 5.51 Å².